The van der Waals surface area contributed by atoms with Gasteiger partial charge in [-0.25, -0.2) is 0 Å². The van der Waals surface area contributed by atoms with Gasteiger partial charge in [0.2, 0.25) is 10.2 Å². The van der Waals surface area contributed by atoms with Crippen molar-refractivity contribution in [3.63, 3.8) is 0 Å². The molecule has 2 aromatic carbocycles. The predicted octanol–water partition coefficient (Wildman–Crippen LogP) is 7.02. The van der Waals surface area contributed by atoms with E-state index in [-0.39, 0.29) is 21.4 Å². The van der Waals surface area contributed by atoms with E-state index in [9.17, 15) is 9.59 Å². The summed E-state index contributed by atoms with van der Waals surface area (Å²) >= 11 is 2.52. The van der Waals surface area contributed by atoms with Crippen molar-refractivity contribution in [1.29, 1.82) is 0 Å². The first-order valence-electron chi connectivity index (χ1n) is 10.6. The van der Waals surface area contributed by atoms with Crippen molar-refractivity contribution in [1.82, 2.24) is 4.98 Å². The van der Waals surface area contributed by atoms with E-state index in [2.05, 4.69) is 4.98 Å². The smallest absolute Gasteiger partial charge is 0.221 e. The summed E-state index contributed by atoms with van der Waals surface area (Å²) in [5.74, 6) is 1.19. The van der Waals surface area contributed by atoms with Crippen molar-refractivity contribution in [2.45, 2.75) is 24.5 Å². The fourth-order valence-electron chi connectivity index (χ4n) is 3.25. The van der Waals surface area contributed by atoms with Crippen LogP contribution in [0, 0.1) is 0 Å². The molecule has 1 heterocycles. The largest absolute Gasteiger partial charge is 0.457 e. The van der Waals surface area contributed by atoms with Crippen LogP contribution in [-0.4, -0.2) is 20.5 Å². The Morgan fingerprint density at radius 2 is 1.85 bits per heavy atom. The van der Waals surface area contributed by atoms with Crippen LogP contribution < -0.4 is 4.74 Å². The first kappa shape index (κ1) is 23.1. The van der Waals surface area contributed by atoms with Crippen LogP contribution in [0.25, 0.3) is 0 Å². The number of hydrogen-bond donors (Lipinski definition) is 0. The van der Waals surface area contributed by atoms with E-state index in [1.165, 1.54) is 23.5 Å². The molecule has 0 saturated heterocycles. The lowest BCUT2D eigenvalue weighted by atomic mass is 10.0. The SMILES string of the molecule is CC(C(=O)SC1=CCC(SC(=O)c2cccnc2)C=C1)c1cccc(Oc2ccccc2)c1. The summed E-state index contributed by atoms with van der Waals surface area (Å²) in [4.78, 5) is 30.2. The van der Waals surface area contributed by atoms with Gasteiger partial charge in [-0.2, -0.15) is 0 Å². The van der Waals surface area contributed by atoms with Gasteiger partial charge in [0.05, 0.1) is 5.92 Å². The highest BCUT2D eigenvalue weighted by Gasteiger charge is 2.20. The Morgan fingerprint density at radius 1 is 1.03 bits per heavy atom. The van der Waals surface area contributed by atoms with Crippen molar-refractivity contribution >= 4 is 33.8 Å². The van der Waals surface area contributed by atoms with Crippen LogP contribution in [0.5, 0.6) is 11.5 Å². The summed E-state index contributed by atoms with van der Waals surface area (Å²) in [5, 5.41) is 0.131. The van der Waals surface area contributed by atoms with Crippen LogP contribution in [0.2, 0.25) is 0 Å². The number of carbonyl (C=O) groups is 2. The van der Waals surface area contributed by atoms with Gasteiger partial charge >= 0.3 is 0 Å². The van der Waals surface area contributed by atoms with Gasteiger partial charge in [0.15, 0.2) is 0 Å². The standard InChI is InChI=1S/C27H23NO3S2/c1-19(20-7-5-11-23(17-20)31-22-9-3-2-4-10-22)26(29)32-24-12-14-25(15-13-24)33-27(30)21-8-6-16-28-18-21/h2-14,16-19,25H,15H2,1H3. The first-order valence-corrected chi connectivity index (χ1v) is 12.3. The lowest BCUT2D eigenvalue weighted by Gasteiger charge is -2.16. The summed E-state index contributed by atoms with van der Waals surface area (Å²) in [6, 6.07) is 20.8. The van der Waals surface area contributed by atoms with Gasteiger partial charge in [-0.3, -0.25) is 14.6 Å². The number of nitrogens with zero attached hydrogens (tertiary/aromatic N) is 1. The molecule has 0 N–H and O–H groups in total. The average molecular weight is 474 g/mol. The van der Waals surface area contributed by atoms with Crippen molar-refractivity contribution in [2.24, 2.45) is 0 Å². The zero-order chi connectivity index (χ0) is 23.0. The summed E-state index contributed by atoms with van der Waals surface area (Å²) < 4.78 is 5.90. The minimum Gasteiger partial charge on any atom is -0.457 e. The second-order valence-corrected chi connectivity index (χ2v) is 9.81. The van der Waals surface area contributed by atoms with Crippen molar-refractivity contribution in [3.05, 3.63) is 113 Å². The number of rotatable bonds is 7. The molecule has 3 aromatic rings. The maximum absolute atomic E-state index is 12.9. The van der Waals surface area contributed by atoms with Gasteiger partial charge in [-0.1, -0.05) is 79.0 Å². The van der Waals surface area contributed by atoms with E-state index in [1.54, 1.807) is 24.5 Å². The quantitative estimate of drug-likeness (QED) is 0.367. The van der Waals surface area contributed by atoms with E-state index < -0.39 is 0 Å². The molecule has 2 atom stereocenters. The molecule has 4 rings (SSSR count). The summed E-state index contributed by atoms with van der Waals surface area (Å²) in [5.41, 5.74) is 1.51. The minimum absolute atomic E-state index is 0.00422. The molecule has 0 spiro atoms. The molecule has 33 heavy (non-hydrogen) atoms. The number of para-hydroxylation sites is 1. The van der Waals surface area contributed by atoms with E-state index in [1.807, 2.05) is 79.7 Å². The molecule has 6 heteroatoms. The highest BCUT2D eigenvalue weighted by atomic mass is 32.2. The van der Waals surface area contributed by atoms with E-state index in [0.717, 1.165) is 16.2 Å². The molecular weight excluding hydrogens is 450 g/mol. The monoisotopic (exact) mass is 473 g/mol. The number of hydrogen-bond acceptors (Lipinski definition) is 6. The zero-order valence-electron chi connectivity index (χ0n) is 18.1. The molecule has 0 radical (unpaired) electrons. The topological polar surface area (TPSA) is 56.3 Å². The average Bonchev–Trinajstić information content (AvgIpc) is 2.86. The van der Waals surface area contributed by atoms with Crippen LogP contribution in [0.15, 0.2) is 102 Å². The number of carbonyl (C=O) groups excluding carboxylic acids is 2. The van der Waals surface area contributed by atoms with Gasteiger partial charge < -0.3 is 4.74 Å². The third-order valence-electron chi connectivity index (χ3n) is 5.09. The third-order valence-corrected chi connectivity index (χ3v) is 7.29. The van der Waals surface area contributed by atoms with Crippen molar-refractivity contribution < 1.29 is 14.3 Å². The summed E-state index contributed by atoms with van der Waals surface area (Å²) in [6.45, 7) is 1.91. The normalized spacial score (nSPS) is 16.0. The van der Waals surface area contributed by atoms with E-state index >= 15 is 0 Å². The second kappa shape index (κ2) is 11.2. The molecule has 0 bridgehead atoms. The molecule has 0 aliphatic heterocycles. The number of benzene rings is 2. The minimum atomic E-state index is -0.275. The third kappa shape index (κ3) is 6.46. The number of allylic oxidation sites excluding steroid dienone is 2. The highest BCUT2D eigenvalue weighted by Crippen LogP contribution is 2.34. The first-order chi connectivity index (χ1) is 16.1. The highest BCUT2D eigenvalue weighted by molar-refractivity contribution is 8.17. The predicted molar refractivity (Wildman–Crippen MR) is 136 cm³/mol. The molecular formula is C27H23NO3S2. The molecule has 1 aliphatic carbocycles. The van der Waals surface area contributed by atoms with Crippen LogP contribution in [0.4, 0.5) is 0 Å². The lowest BCUT2D eigenvalue weighted by molar-refractivity contribution is -0.111. The Balaban J connectivity index is 1.32. The zero-order valence-corrected chi connectivity index (χ0v) is 19.7. The molecule has 4 nitrogen and oxygen atoms in total. The number of ether oxygens (including phenoxy) is 1. The lowest BCUT2D eigenvalue weighted by Crippen LogP contribution is -2.08. The fraction of sp³-hybridized carbons (Fsp3) is 0.148. The van der Waals surface area contributed by atoms with Crippen LogP contribution in [0.1, 0.15) is 35.2 Å². The van der Waals surface area contributed by atoms with Crippen LogP contribution >= 0.6 is 23.5 Å². The van der Waals surface area contributed by atoms with Gasteiger partial charge in [-0.05, 0) is 48.4 Å². The van der Waals surface area contributed by atoms with Crippen molar-refractivity contribution in [3.8, 4) is 11.5 Å². The molecule has 1 aromatic heterocycles. The number of aromatic nitrogens is 1. The molecule has 0 saturated carbocycles. The molecule has 0 fully saturated rings. The molecule has 1 aliphatic rings. The Kier molecular flexibility index (Phi) is 7.81. The fourth-order valence-corrected chi connectivity index (χ4v) is 5.00. The molecule has 166 valence electrons. The molecule has 2 unspecified atom stereocenters. The van der Waals surface area contributed by atoms with Gasteiger partial charge in [-0.15, -0.1) is 0 Å². The van der Waals surface area contributed by atoms with Crippen molar-refractivity contribution in [2.75, 3.05) is 0 Å². The Hall–Kier alpha value is -3.09. The summed E-state index contributed by atoms with van der Waals surface area (Å²) in [6.07, 6.45) is 9.89. The van der Waals surface area contributed by atoms with Gasteiger partial charge in [0, 0.05) is 28.1 Å². The Labute approximate surface area is 202 Å². The maximum Gasteiger partial charge on any atom is 0.221 e. The van der Waals surface area contributed by atoms with E-state index in [4.69, 9.17) is 4.74 Å². The maximum atomic E-state index is 12.9. The second-order valence-electron chi connectivity index (χ2n) is 7.52. The number of thioether (sulfide) groups is 2. The Bertz CT molecular complexity index is 1180. The molecule has 0 amide bonds. The Morgan fingerprint density at radius 3 is 2.58 bits per heavy atom. The van der Waals surface area contributed by atoms with Crippen LogP contribution in [0.3, 0.4) is 0 Å². The van der Waals surface area contributed by atoms with Crippen LogP contribution in [-0.2, 0) is 4.79 Å². The van der Waals surface area contributed by atoms with E-state index in [0.29, 0.717) is 17.7 Å². The number of pyridine rings is 1. The summed E-state index contributed by atoms with van der Waals surface area (Å²) in [7, 11) is 0. The van der Waals surface area contributed by atoms with Gasteiger partial charge in [0.25, 0.3) is 0 Å². The van der Waals surface area contributed by atoms with Gasteiger partial charge in [0.1, 0.15) is 11.5 Å².